The summed E-state index contributed by atoms with van der Waals surface area (Å²) in [6, 6.07) is 3.19. The molecule has 2 N–H and O–H groups in total. The van der Waals surface area contributed by atoms with E-state index in [9.17, 15) is 13.6 Å². The number of aryl methyl sites for hydroxylation is 1. The van der Waals surface area contributed by atoms with E-state index >= 15 is 0 Å². The molecule has 0 unspecified atom stereocenters. The van der Waals surface area contributed by atoms with Gasteiger partial charge in [0.1, 0.15) is 23.4 Å². The monoisotopic (exact) mass is 475 g/mol. The number of anilines is 3. The molecule has 1 aromatic carbocycles. The summed E-state index contributed by atoms with van der Waals surface area (Å²) in [6.07, 6.45) is 3.45. The van der Waals surface area contributed by atoms with E-state index < -0.39 is 11.6 Å². The Morgan fingerprint density at radius 1 is 1.24 bits per heavy atom. The predicted octanol–water partition coefficient (Wildman–Crippen LogP) is 3.45. The first kappa shape index (κ1) is 24.4. The topological polar surface area (TPSA) is 88.0 Å². The quantitative estimate of drug-likeness (QED) is 0.568. The zero-order valence-electron chi connectivity index (χ0n) is 18.9. The van der Waals surface area contributed by atoms with E-state index in [2.05, 4.69) is 25.7 Å². The van der Waals surface area contributed by atoms with Gasteiger partial charge in [-0.25, -0.2) is 13.8 Å². The van der Waals surface area contributed by atoms with Gasteiger partial charge in [0.2, 0.25) is 11.9 Å². The first-order chi connectivity index (χ1) is 15.2. The van der Waals surface area contributed by atoms with Crippen molar-refractivity contribution in [3.63, 3.8) is 0 Å². The highest BCUT2D eigenvalue weighted by Crippen LogP contribution is 2.34. The summed E-state index contributed by atoms with van der Waals surface area (Å²) >= 11 is 0. The third-order valence-corrected chi connectivity index (χ3v) is 5.46. The lowest BCUT2D eigenvalue weighted by atomic mass is 9.99. The van der Waals surface area contributed by atoms with Crippen LogP contribution in [0.25, 0.3) is 0 Å². The molecule has 0 spiro atoms. The molecule has 33 heavy (non-hydrogen) atoms. The second-order valence-electron chi connectivity index (χ2n) is 8.26. The second kappa shape index (κ2) is 9.74. The summed E-state index contributed by atoms with van der Waals surface area (Å²) in [7, 11) is 1.86. The van der Waals surface area contributed by atoms with E-state index in [4.69, 9.17) is 0 Å². The molecule has 1 amide bonds. The van der Waals surface area contributed by atoms with Gasteiger partial charge in [-0.3, -0.25) is 9.48 Å². The van der Waals surface area contributed by atoms with Crippen molar-refractivity contribution >= 4 is 36.9 Å². The number of halogens is 2. The Hall–Kier alpha value is -3.21. The van der Waals surface area contributed by atoms with Crippen molar-refractivity contribution in [3.8, 4) is 0 Å². The van der Waals surface area contributed by atoms with E-state index in [-0.39, 0.29) is 37.9 Å². The molecule has 1 atom stereocenters. The van der Waals surface area contributed by atoms with Crippen LogP contribution in [-0.4, -0.2) is 38.7 Å². The van der Waals surface area contributed by atoms with Crippen molar-refractivity contribution in [1.82, 2.24) is 19.7 Å². The molecule has 0 fully saturated rings. The highest BCUT2D eigenvalue weighted by Gasteiger charge is 2.35. The maximum absolute atomic E-state index is 13.9. The molecule has 0 saturated carbocycles. The van der Waals surface area contributed by atoms with Crippen molar-refractivity contribution < 1.29 is 13.6 Å². The fourth-order valence-electron chi connectivity index (χ4n) is 3.88. The van der Waals surface area contributed by atoms with E-state index in [0.717, 1.165) is 11.6 Å². The maximum atomic E-state index is 13.9. The smallest absolute Gasteiger partial charge is 0.247 e. The molecule has 11 heteroatoms. The van der Waals surface area contributed by atoms with Gasteiger partial charge in [0.25, 0.3) is 0 Å². The fraction of sp³-hybridized carbons (Fsp3) is 0.364. The molecule has 2 aromatic heterocycles. The van der Waals surface area contributed by atoms with Crippen LogP contribution in [-0.2, 0) is 17.9 Å². The van der Waals surface area contributed by atoms with Crippen LogP contribution in [0, 0.1) is 24.5 Å². The minimum atomic E-state index is -0.609. The Balaban J connectivity index is 0.00000306. The van der Waals surface area contributed by atoms with E-state index in [1.54, 1.807) is 17.1 Å². The summed E-state index contributed by atoms with van der Waals surface area (Å²) in [5.41, 5.74) is 2.50. The number of benzene rings is 1. The zero-order valence-corrected chi connectivity index (χ0v) is 19.9. The third-order valence-electron chi connectivity index (χ3n) is 5.46. The summed E-state index contributed by atoms with van der Waals surface area (Å²) in [4.78, 5) is 23.4. The molecule has 0 aliphatic carbocycles. The van der Waals surface area contributed by atoms with Crippen molar-refractivity contribution in [3.05, 3.63) is 59.0 Å². The molecule has 0 bridgehead atoms. The lowest BCUT2D eigenvalue weighted by molar-refractivity contribution is -0.118. The predicted molar refractivity (Wildman–Crippen MR) is 128 cm³/mol. The van der Waals surface area contributed by atoms with Crippen molar-refractivity contribution in [2.24, 2.45) is 5.92 Å². The normalized spacial score (nSPS) is 15.2. The molecular weight excluding hydrogens is 448 g/mol. The standard InChI is InChI=1S/C22H25F2N7O.H2S/c1-12(2)19-21(32)28-18-13(3)27-22(29-20(18)30(19)4)25-8-14-9-26-31(10-14)11-15-5-6-16(23)7-17(15)24;/h5-7,9-10,12,19H,8,11H2,1-4H3,(H,28,32)(H,25,27,29);1H2/t19-;/m0./s1. The van der Waals surface area contributed by atoms with Gasteiger partial charge in [-0.1, -0.05) is 19.9 Å². The van der Waals surface area contributed by atoms with Crippen LogP contribution in [0.1, 0.15) is 30.7 Å². The van der Waals surface area contributed by atoms with Crippen LogP contribution in [0.15, 0.2) is 30.6 Å². The van der Waals surface area contributed by atoms with Crippen molar-refractivity contribution in [1.29, 1.82) is 0 Å². The Morgan fingerprint density at radius 2 is 2.00 bits per heavy atom. The van der Waals surface area contributed by atoms with E-state index in [1.165, 1.54) is 12.1 Å². The van der Waals surface area contributed by atoms with Crippen LogP contribution >= 0.6 is 13.5 Å². The average molecular weight is 476 g/mol. The molecule has 3 heterocycles. The summed E-state index contributed by atoms with van der Waals surface area (Å²) < 4.78 is 28.6. The van der Waals surface area contributed by atoms with Crippen LogP contribution in [0.4, 0.5) is 26.2 Å². The number of fused-ring (bicyclic) bond motifs is 1. The summed E-state index contributed by atoms with van der Waals surface area (Å²) in [5.74, 6) is -0.0511. The SMILES string of the molecule is Cc1nc(NCc2cnn(Cc3ccc(F)cc3F)c2)nc2c1NC(=O)[C@H](C(C)C)N2C.S. The van der Waals surface area contributed by atoms with Gasteiger partial charge >= 0.3 is 0 Å². The third kappa shape index (κ3) is 5.08. The number of hydrogen-bond acceptors (Lipinski definition) is 6. The first-order valence-corrected chi connectivity index (χ1v) is 10.3. The molecule has 4 rings (SSSR count). The average Bonchev–Trinajstić information content (AvgIpc) is 3.17. The fourth-order valence-corrected chi connectivity index (χ4v) is 3.88. The minimum absolute atomic E-state index is 0. The molecule has 1 aliphatic rings. The maximum Gasteiger partial charge on any atom is 0.247 e. The minimum Gasteiger partial charge on any atom is -0.350 e. The highest BCUT2D eigenvalue weighted by molar-refractivity contribution is 7.59. The van der Waals surface area contributed by atoms with Crippen LogP contribution in [0.5, 0.6) is 0 Å². The zero-order chi connectivity index (χ0) is 23.0. The molecule has 0 saturated heterocycles. The molecule has 3 aromatic rings. The van der Waals surface area contributed by atoms with Gasteiger partial charge in [-0.05, 0) is 18.9 Å². The van der Waals surface area contributed by atoms with Crippen LogP contribution in [0.3, 0.4) is 0 Å². The highest BCUT2D eigenvalue weighted by atomic mass is 32.1. The van der Waals surface area contributed by atoms with Gasteiger partial charge in [-0.2, -0.15) is 23.6 Å². The van der Waals surface area contributed by atoms with Crippen molar-refractivity contribution in [2.45, 2.75) is 39.9 Å². The number of carbonyl (C=O) groups is 1. The van der Waals surface area contributed by atoms with Gasteiger partial charge in [0, 0.05) is 37.0 Å². The van der Waals surface area contributed by atoms with Gasteiger partial charge in [0.05, 0.1) is 18.4 Å². The summed E-state index contributed by atoms with van der Waals surface area (Å²) in [5, 5.41) is 10.4. The van der Waals surface area contributed by atoms with Crippen LogP contribution < -0.4 is 15.5 Å². The molecular formula is C22H27F2N7OS. The molecule has 0 radical (unpaired) electrons. The van der Waals surface area contributed by atoms with E-state index in [1.807, 2.05) is 32.7 Å². The summed E-state index contributed by atoms with van der Waals surface area (Å²) in [6.45, 7) is 6.42. The number of likely N-dealkylation sites (N-methyl/N-ethyl adjacent to an activating group) is 1. The van der Waals surface area contributed by atoms with E-state index in [0.29, 0.717) is 35.3 Å². The van der Waals surface area contributed by atoms with Gasteiger partial charge < -0.3 is 15.5 Å². The Bertz CT molecular complexity index is 1170. The Labute approximate surface area is 197 Å². The number of carbonyl (C=O) groups excluding carboxylic acids is 1. The molecule has 176 valence electrons. The first-order valence-electron chi connectivity index (χ1n) is 10.3. The van der Waals surface area contributed by atoms with Crippen molar-refractivity contribution in [2.75, 3.05) is 22.6 Å². The second-order valence-corrected chi connectivity index (χ2v) is 8.26. The number of hydrogen-bond donors (Lipinski definition) is 2. The Kier molecular flexibility index (Phi) is 7.21. The number of amides is 1. The largest absolute Gasteiger partial charge is 0.350 e. The van der Waals surface area contributed by atoms with Crippen LogP contribution in [0.2, 0.25) is 0 Å². The lowest BCUT2D eigenvalue weighted by Gasteiger charge is -2.36. The number of aromatic nitrogens is 4. The number of nitrogens with one attached hydrogen (secondary N) is 2. The Morgan fingerprint density at radius 3 is 2.70 bits per heavy atom. The van der Waals surface area contributed by atoms with Gasteiger partial charge in [0.15, 0.2) is 5.82 Å². The number of nitrogens with zero attached hydrogens (tertiary/aromatic N) is 5. The molecule has 1 aliphatic heterocycles. The lowest BCUT2D eigenvalue weighted by Crippen LogP contribution is -2.49. The van der Waals surface area contributed by atoms with Gasteiger partial charge in [-0.15, -0.1) is 0 Å². The number of rotatable bonds is 6. The molecule has 8 nitrogen and oxygen atoms in total.